The minimum atomic E-state index is -0.128. The summed E-state index contributed by atoms with van der Waals surface area (Å²) in [6, 6.07) is 0. The fourth-order valence-corrected chi connectivity index (χ4v) is 1.32. The van der Waals surface area contributed by atoms with Crippen LogP contribution >= 0.6 is 0 Å². The van der Waals surface area contributed by atoms with Crippen molar-refractivity contribution in [3.8, 4) is 0 Å². The molecule has 1 rings (SSSR count). The van der Waals surface area contributed by atoms with E-state index in [0.29, 0.717) is 0 Å². The van der Waals surface area contributed by atoms with E-state index in [1.807, 2.05) is 13.0 Å². The van der Waals surface area contributed by atoms with Gasteiger partial charge in [0.1, 0.15) is 0 Å². The van der Waals surface area contributed by atoms with Gasteiger partial charge >= 0.3 is 0 Å². The Kier molecular flexibility index (Phi) is 2.28. The van der Waals surface area contributed by atoms with Crippen LogP contribution in [-0.2, 0) is 0 Å². The van der Waals surface area contributed by atoms with E-state index >= 15 is 0 Å². The van der Waals surface area contributed by atoms with Crippen LogP contribution in [0.3, 0.4) is 0 Å². The molecule has 0 aromatic rings. The molecule has 1 atom stereocenters. The maximum atomic E-state index is 9.25. The highest BCUT2D eigenvalue weighted by Gasteiger charge is 2.15. The summed E-state index contributed by atoms with van der Waals surface area (Å²) in [6.45, 7) is 5.92. The van der Waals surface area contributed by atoms with Gasteiger partial charge in [-0.05, 0) is 31.8 Å². The summed E-state index contributed by atoms with van der Waals surface area (Å²) in [5, 5.41) is 9.25. The Morgan fingerprint density at radius 3 is 2.90 bits per heavy atom. The molecule has 0 aliphatic heterocycles. The van der Waals surface area contributed by atoms with Gasteiger partial charge < -0.3 is 5.11 Å². The van der Waals surface area contributed by atoms with Crippen molar-refractivity contribution in [2.75, 3.05) is 0 Å². The lowest BCUT2D eigenvalue weighted by molar-refractivity contribution is 0.158. The van der Waals surface area contributed by atoms with Crippen LogP contribution in [0.1, 0.15) is 26.2 Å². The molecule has 56 valence electrons. The molecule has 0 saturated heterocycles. The second-order valence-corrected chi connectivity index (χ2v) is 2.81. The second kappa shape index (κ2) is 3.02. The smallest absolute Gasteiger partial charge is 0.0583 e. The van der Waals surface area contributed by atoms with E-state index in [9.17, 15) is 5.11 Å². The zero-order valence-corrected chi connectivity index (χ0v) is 6.43. The van der Waals surface area contributed by atoms with Crippen molar-refractivity contribution in [2.24, 2.45) is 0 Å². The van der Waals surface area contributed by atoms with Crippen molar-refractivity contribution in [1.29, 1.82) is 0 Å². The number of hydrogen-bond acceptors (Lipinski definition) is 1. The summed E-state index contributed by atoms with van der Waals surface area (Å²) in [6.07, 6.45) is 4.56. The van der Waals surface area contributed by atoms with Crippen molar-refractivity contribution in [3.63, 3.8) is 0 Å². The van der Waals surface area contributed by atoms with Gasteiger partial charge in [0.2, 0.25) is 0 Å². The molecule has 0 spiro atoms. The number of rotatable bonds is 0. The fraction of sp³-hybridized carbons (Fsp3) is 0.556. The second-order valence-electron chi connectivity index (χ2n) is 2.81. The van der Waals surface area contributed by atoms with Gasteiger partial charge in [0, 0.05) is 0 Å². The molecule has 1 nitrogen and oxygen atoms in total. The molecule has 1 saturated carbocycles. The summed E-state index contributed by atoms with van der Waals surface area (Å²) in [5.41, 5.74) is 2.44. The third-order valence-electron chi connectivity index (χ3n) is 2.04. The molecular weight excluding hydrogens is 124 g/mol. The number of allylic oxidation sites excluding steroid dienone is 2. The Balaban J connectivity index is 2.63. The van der Waals surface area contributed by atoms with Crippen molar-refractivity contribution in [1.82, 2.24) is 0 Å². The predicted octanol–water partition coefficient (Wildman–Crippen LogP) is 2.03. The lowest BCUT2D eigenvalue weighted by Crippen LogP contribution is -2.14. The average molecular weight is 138 g/mol. The first-order chi connectivity index (χ1) is 4.74. The number of aliphatic hydroxyl groups is 1. The first kappa shape index (κ1) is 7.55. The van der Waals surface area contributed by atoms with E-state index in [2.05, 4.69) is 6.58 Å². The summed E-state index contributed by atoms with van der Waals surface area (Å²) in [7, 11) is 0. The highest BCUT2D eigenvalue weighted by Crippen LogP contribution is 2.26. The van der Waals surface area contributed by atoms with E-state index in [0.717, 1.165) is 19.3 Å². The molecule has 0 aromatic carbocycles. The molecule has 1 aliphatic rings. The average Bonchev–Trinajstić information content (AvgIpc) is 1.94. The summed E-state index contributed by atoms with van der Waals surface area (Å²) >= 11 is 0. The van der Waals surface area contributed by atoms with Crippen LogP contribution < -0.4 is 0 Å². The molecule has 0 heterocycles. The van der Waals surface area contributed by atoms with Crippen molar-refractivity contribution >= 4 is 0 Å². The summed E-state index contributed by atoms with van der Waals surface area (Å²) in [4.78, 5) is 0. The topological polar surface area (TPSA) is 20.2 Å². The molecule has 0 amide bonds. The van der Waals surface area contributed by atoms with Crippen LogP contribution in [0.25, 0.3) is 0 Å². The highest BCUT2D eigenvalue weighted by molar-refractivity contribution is 5.30. The van der Waals surface area contributed by atoms with Crippen LogP contribution in [0, 0.1) is 0 Å². The van der Waals surface area contributed by atoms with Gasteiger partial charge in [0.25, 0.3) is 0 Å². The van der Waals surface area contributed by atoms with E-state index in [-0.39, 0.29) is 6.10 Å². The molecule has 0 radical (unpaired) electrons. The monoisotopic (exact) mass is 138 g/mol. The zero-order valence-electron chi connectivity index (χ0n) is 6.43. The first-order valence-corrected chi connectivity index (χ1v) is 3.75. The molecule has 0 aromatic heterocycles. The number of aliphatic hydroxyl groups excluding tert-OH is 1. The van der Waals surface area contributed by atoms with E-state index in [1.165, 1.54) is 11.1 Å². The molecule has 1 heteroatoms. The minimum Gasteiger partial charge on any atom is -0.393 e. The molecule has 1 unspecified atom stereocenters. The van der Waals surface area contributed by atoms with Crippen molar-refractivity contribution in [2.45, 2.75) is 32.3 Å². The molecule has 1 fully saturated rings. The minimum absolute atomic E-state index is 0.128. The third kappa shape index (κ3) is 1.48. The van der Waals surface area contributed by atoms with Crippen LogP contribution in [-0.4, -0.2) is 11.2 Å². The van der Waals surface area contributed by atoms with Crippen LogP contribution in [0.4, 0.5) is 0 Å². The maximum Gasteiger partial charge on any atom is 0.0583 e. The summed E-state index contributed by atoms with van der Waals surface area (Å²) in [5.74, 6) is 0. The normalized spacial score (nSPS) is 31.2. The Morgan fingerprint density at radius 1 is 1.70 bits per heavy atom. The molecule has 10 heavy (non-hydrogen) atoms. The van der Waals surface area contributed by atoms with Gasteiger partial charge in [0.05, 0.1) is 6.10 Å². The predicted molar refractivity (Wildman–Crippen MR) is 42.8 cm³/mol. The lowest BCUT2D eigenvalue weighted by atomic mass is 9.89. The molecular formula is C9H14O. The van der Waals surface area contributed by atoms with Gasteiger partial charge in [-0.25, -0.2) is 0 Å². The highest BCUT2D eigenvalue weighted by atomic mass is 16.3. The Labute approximate surface area is 62.1 Å². The van der Waals surface area contributed by atoms with E-state index < -0.39 is 0 Å². The standard InChI is InChI=1S/C9H14O/c1-3-8-6-9(10)5-4-7(8)2/h3,9-10H,2,4-6H2,1H3/b8-3+. The third-order valence-corrected chi connectivity index (χ3v) is 2.04. The van der Waals surface area contributed by atoms with Gasteiger partial charge in [-0.2, -0.15) is 0 Å². The molecule has 1 aliphatic carbocycles. The number of hydrogen-bond donors (Lipinski definition) is 1. The zero-order chi connectivity index (χ0) is 7.56. The Hall–Kier alpha value is -0.560. The Morgan fingerprint density at radius 2 is 2.40 bits per heavy atom. The van der Waals surface area contributed by atoms with Crippen LogP contribution in [0.15, 0.2) is 23.8 Å². The largest absolute Gasteiger partial charge is 0.393 e. The first-order valence-electron chi connectivity index (χ1n) is 3.75. The molecule has 0 bridgehead atoms. The fourth-order valence-electron chi connectivity index (χ4n) is 1.32. The van der Waals surface area contributed by atoms with E-state index in [1.54, 1.807) is 0 Å². The molecule has 1 N–H and O–H groups in total. The van der Waals surface area contributed by atoms with Gasteiger partial charge in [-0.15, -0.1) is 0 Å². The van der Waals surface area contributed by atoms with Crippen LogP contribution in [0.2, 0.25) is 0 Å². The van der Waals surface area contributed by atoms with Crippen LogP contribution in [0.5, 0.6) is 0 Å². The lowest BCUT2D eigenvalue weighted by Gasteiger charge is -2.21. The van der Waals surface area contributed by atoms with Crippen molar-refractivity contribution < 1.29 is 5.11 Å². The van der Waals surface area contributed by atoms with E-state index in [4.69, 9.17) is 0 Å². The van der Waals surface area contributed by atoms with Crippen molar-refractivity contribution in [3.05, 3.63) is 23.8 Å². The van der Waals surface area contributed by atoms with Gasteiger partial charge in [-0.1, -0.05) is 18.2 Å². The maximum absolute atomic E-state index is 9.25. The quantitative estimate of drug-likeness (QED) is 0.543. The summed E-state index contributed by atoms with van der Waals surface area (Å²) < 4.78 is 0. The van der Waals surface area contributed by atoms with Gasteiger partial charge in [0.15, 0.2) is 0 Å². The SMILES string of the molecule is C=C1CCC(O)C/C1=C\C. The Bertz CT molecular complexity index is 168. The van der Waals surface area contributed by atoms with Gasteiger partial charge in [-0.3, -0.25) is 0 Å².